The molecule has 0 N–H and O–H groups in total. The highest BCUT2D eigenvalue weighted by Gasteiger charge is 2.25. The zero-order chi connectivity index (χ0) is 28.9. The number of allylic oxidation sites excluding steroid dienone is 2. The third kappa shape index (κ3) is 7.15. The molecule has 3 rings (SSSR count). The van der Waals surface area contributed by atoms with E-state index < -0.39 is 5.92 Å². The van der Waals surface area contributed by atoms with Crippen molar-refractivity contribution >= 4 is 17.3 Å². The molecule has 0 aliphatic carbocycles. The number of ether oxygens (including phenoxy) is 2. The van der Waals surface area contributed by atoms with E-state index in [4.69, 9.17) is 21.1 Å². The Morgan fingerprint density at radius 1 is 1.18 bits per heavy atom. The van der Waals surface area contributed by atoms with Gasteiger partial charge in [0.25, 0.3) is 11.8 Å². The minimum Gasteiger partial charge on any atom is -0.490 e. The molecule has 0 bridgehead atoms. The molecular formula is C29H36ClF2N5O2. The first-order valence-corrected chi connectivity index (χ1v) is 13.1. The molecule has 0 unspecified atom stereocenters. The van der Waals surface area contributed by atoms with Crippen molar-refractivity contribution in [3.63, 3.8) is 0 Å². The molecule has 210 valence electrons. The SMILES string of the molecule is CCC(C)=C(c1ccc(COc2nc(-c3c(Cl)cnn3C(C)C)ncc2OC)cc1)N(C)/C=C(\C)C(C)(F)F. The Hall–Kier alpha value is -3.46. The minimum atomic E-state index is -2.89. The van der Waals surface area contributed by atoms with E-state index in [0.29, 0.717) is 22.3 Å². The van der Waals surface area contributed by atoms with Crippen molar-refractivity contribution in [2.75, 3.05) is 14.2 Å². The highest BCUT2D eigenvalue weighted by Crippen LogP contribution is 2.33. The van der Waals surface area contributed by atoms with Gasteiger partial charge in [0.2, 0.25) is 0 Å². The molecule has 0 saturated carbocycles. The van der Waals surface area contributed by atoms with Gasteiger partial charge in [-0.15, -0.1) is 0 Å². The van der Waals surface area contributed by atoms with Crippen LogP contribution in [0.4, 0.5) is 8.78 Å². The van der Waals surface area contributed by atoms with Gasteiger partial charge in [-0.25, -0.2) is 13.8 Å². The molecule has 3 aromatic rings. The fraction of sp³-hybridized carbons (Fsp3) is 0.414. The number of hydrogen-bond acceptors (Lipinski definition) is 6. The maximum absolute atomic E-state index is 13.8. The first kappa shape index (κ1) is 30.1. The number of benzene rings is 1. The first-order chi connectivity index (χ1) is 18.4. The highest BCUT2D eigenvalue weighted by molar-refractivity contribution is 6.32. The number of alkyl halides is 2. The molecule has 2 aromatic heterocycles. The van der Waals surface area contributed by atoms with Gasteiger partial charge in [-0.2, -0.15) is 10.1 Å². The fourth-order valence-electron chi connectivity index (χ4n) is 3.95. The van der Waals surface area contributed by atoms with Crippen molar-refractivity contribution in [3.8, 4) is 23.1 Å². The summed E-state index contributed by atoms with van der Waals surface area (Å²) in [6.07, 6.45) is 5.39. The van der Waals surface area contributed by atoms with Gasteiger partial charge in [0.15, 0.2) is 11.6 Å². The number of halogens is 3. The predicted molar refractivity (Wildman–Crippen MR) is 151 cm³/mol. The molecule has 10 heteroatoms. The topological polar surface area (TPSA) is 65.3 Å². The Bertz CT molecular complexity index is 1340. The second-order valence-corrected chi connectivity index (χ2v) is 10.1. The van der Waals surface area contributed by atoms with Crippen LogP contribution in [0.1, 0.15) is 65.1 Å². The summed E-state index contributed by atoms with van der Waals surface area (Å²) in [6, 6.07) is 7.86. The molecule has 0 saturated heterocycles. The van der Waals surface area contributed by atoms with Crippen LogP contribution in [0, 0.1) is 0 Å². The van der Waals surface area contributed by atoms with Crippen LogP contribution in [0.5, 0.6) is 11.6 Å². The number of methoxy groups -OCH3 is 1. The van der Waals surface area contributed by atoms with Crippen LogP contribution in [0.2, 0.25) is 5.02 Å². The van der Waals surface area contributed by atoms with E-state index >= 15 is 0 Å². The van der Waals surface area contributed by atoms with Crippen LogP contribution in [0.3, 0.4) is 0 Å². The van der Waals surface area contributed by atoms with E-state index in [9.17, 15) is 8.78 Å². The summed E-state index contributed by atoms with van der Waals surface area (Å²) in [6.45, 7) is 10.6. The number of rotatable bonds is 11. The summed E-state index contributed by atoms with van der Waals surface area (Å²) in [7, 11) is 3.31. The van der Waals surface area contributed by atoms with Gasteiger partial charge in [0, 0.05) is 37.5 Å². The van der Waals surface area contributed by atoms with Crippen molar-refractivity contribution in [1.29, 1.82) is 0 Å². The van der Waals surface area contributed by atoms with Gasteiger partial charge in [-0.05, 0) is 50.8 Å². The molecule has 0 radical (unpaired) electrons. The van der Waals surface area contributed by atoms with Gasteiger partial charge in [0.05, 0.1) is 24.5 Å². The average Bonchev–Trinajstić information content (AvgIpc) is 3.29. The normalized spacial score (nSPS) is 13.0. The quantitative estimate of drug-likeness (QED) is 0.239. The number of hydrogen-bond donors (Lipinski definition) is 0. The van der Waals surface area contributed by atoms with E-state index in [1.807, 2.05) is 52.0 Å². The lowest BCUT2D eigenvalue weighted by Crippen LogP contribution is -2.18. The minimum absolute atomic E-state index is 0.00711. The van der Waals surface area contributed by atoms with E-state index in [0.717, 1.165) is 35.7 Å². The Labute approximate surface area is 234 Å². The lowest BCUT2D eigenvalue weighted by Gasteiger charge is -2.24. The zero-order valence-electron chi connectivity index (χ0n) is 23.7. The standard InChI is InChI=1S/C29H36ClF2N5O2/c1-9-19(4)25(36(7)16-20(5)29(6,31)32)22-12-10-21(11-13-22)17-39-28-24(38-8)15-33-27(35-28)26-23(30)14-34-37(26)18(2)3/h10-16,18H,9,17H2,1-8H3/b20-16+,25-19?. The van der Waals surface area contributed by atoms with Crippen LogP contribution in [0.15, 0.2) is 54.0 Å². The van der Waals surface area contributed by atoms with Crippen LogP contribution in [0.25, 0.3) is 17.2 Å². The third-order valence-corrected chi connectivity index (χ3v) is 6.64. The average molecular weight is 560 g/mol. The Morgan fingerprint density at radius 2 is 1.85 bits per heavy atom. The van der Waals surface area contributed by atoms with Crippen LogP contribution < -0.4 is 9.47 Å². The van der Waals surface area contributed by atoms with Gasteiger partial charge in [-0.1, -0.05) is 42.8 Å². The van der Waals surface area contributed by atoms with Gasteiger partial charge >= 0.3 is 0 Å². The molecule has 7 nitrogen and oxygen atoms in total. The second kappa shape index (κ2) is 12.6. The van der Waals surface area contributed by atoms with Crippen LogP contribution >= 0.6 is 11.6 Å². The van der Waals surface area contributed by atoms with Crippen molar-refractivity contribution in [2.24, 2.45) is 0 Å². The number of nitrogens with zero attached hydrogens (tertiary/aromatic N) is 5. The maximum Gasteiger partial charge on any atom is 0.268 e. The Balaban J connectivity index is 1.85. The molecule has 0 atom stereocenters. The van der Waals surface area contributed by atoms with Crippen molar-refractivity contribution in [3.05, 3.63) is 70.2 Å². The third-order valence-electron chi connectivity index (χ3n) is 6.36. The largest absolute Gasteiger partial charge is 0.490 e. The lowest BCUT2D eigenvalue weighted by atomic mass is 10.0. The second-order valence-electron chi connectivity index (χ2n) is 9.73. The van der Waals surface area contributed by atoms with E-state index in [1.165, 1.54) is 20.2 Å². The van der Waals surface area contributed by atoms with Gasteiger partial charge < -0.3 is 14.4 Å². The van der Waals surface area contributed by atoms with Gasteiger partial charge in [-0.3, -0.25) is 4.68 Å². The molecule has 0 aliphatic rings. The molecule has 0 amide bonds. The molecule has 2 heterocycles. The monoisotopic (exact) mass is 559 g/mol. The summed E-state index contributed by atoms with van der Waals surface area (Å²) in [4.78, 5) is 10.7. The lowest BCUT2D eigenvalue weighted by molar-refractivity contribution is 0.0622. The van der Waals surface area contributed by atoms with Crippen LogP contribution in [-0.4, -0.2) is 44.7 Å². The molecule has 0 fully saturated rings. The van der Waals surface area contributed by atoms with E-state index in [2.05, 4.69) is 15.1 Å². The molecule has 39 heavy (non-hydrogen) atoms. The van der Waals surface area contributed by atoms with Crippen LogP contribution in [-0.2, 0) is 6.61 Å². The maximum atomic E-state index is 13.8. The summed E-state index contributed by atoms with van der Waals surface area (Å²) in [5.74, 6) is -1.83. The summed E-state index contributed by atoms with van der Waals surface area (Å²) in [5.41, 5.74) is 4.38. The predicted octanol–water partition coefficient (Wildman–Crippen LogP) is 7.79. The van der Waals surface area contributed by atoms with E-state index in [1.54, 1.807) is 29.0 Å². The summed E-state index contributed by atoms with van der Waals surface area (Å²) >= 11 is 6.38. The smallest absolute Gasteiger partial charge is 0.268 e. The molecule has 0 aliphatic heterocycles. The van der Waals surface area contributed by atoms with Gasteiger partial charge in [0.1, 0.15) is 12.3 Å². The molecular weight excluding hydrogens is 524 g/mol. The Kier molecular flexibility index (Phi) is 9.72. The van der Waals surface area contributed by atoms with Crippen molar-refractivity contribution in [1.82, 2.24) is 24.6 Å². The fourth-order valence-corrected chi connectivity index (χ4v) is 4.17. The zero-order valence-corrected chi connectivity index (χ0v) is 24.5. The highest BCUT2D eigenvalue weighted by atomic mass is 35.5. The number of aromatic nitrogens is 4. The molecule has 0 spiro atoms. The summed E-state index contributed by atoms with van der Waals surface area (Å²) < 4.78 is 40.8. The first-order valence-electron chi connectivity index (χ1n) is 12.7. The molecule has 1 aromatic carbocycles. The Morgan fingerprint density at radius 3 is 2.41 bits per heavy atom. The van der Waals surface area contributed by atoms with Crippen molar-refractivity contribution in [2.45, 2.75) is 66.5 Å². The van der Waals surface area contributed by atoms with Crippen molar-refractivity contribution < 1.29 is 18.3 Å². The summed E-state index contributed by atoms with van der Waals surface area (Å²) in [5, 5.41) is 4.77. The van der Waals surface area contributed by atoms with E-state index in [-0.39, 0.29) is 24.1 Å².